The summed E-state index contributed by atoms with van der Waals surface area (Å²) in [7, 11) is 0. The summed E-state index contributed by atoms with van der Waals surface area (Å²) in [5.41, 5.74) is 0.432. The Kier molecular flexibility index (Phi) is 5.59. The van der Waals surface area contributed by atoms with Gasteiger partial charge in [0.25, 0.3) is 5.91 Å². The third kappa shape index (κ3) is 3.94. The number of hydrogen-bond donors (Lipinski definition) is 1. The van der Waals surface area contributed by atoms with E-state index in [0.29, 0.717) is 22.7 Å². The highest BCUT2D eigenvalue weighted by atomic mass is 16.5. The first-order chi connectivity index (χ1) is 13.8. The zero-order valence-corrected chi connectivity index (χ0v) is 16.9. The summed E-state index contributed by atoms with van der Waals surface area (Å²) in [6.45, 7) is 6.98. The fraction of sp³-hybridized carbons (Fsp3) is 0.318. The predicted octanol–water partition coefficient (Wildman–Crippen LogP) is 3.39. The van der Waals surface area contributed by atoms with E-state index >= 15 is 0 Å². The molecule has 0 spiro atoms. The second-order valence-electron chi connectivity index (χ2n) is 7.21. The normalized spacial score (nSPS) is 15.7. The van der Waals surface area contributed by atoms with Crippen molar-refractivity contribution < 1.29 is 23.9 Å². The fourth-order valence-corrected chi connectivity index (χ4v) is 3.19. The number of amides is 2. The predicted molar refractivity (Wildman–Crippen MR) is 109 cm³/mol. The van der Waals surface area contributed by atoms with Gasteiger partial charge in [0.2, 0.25) is 5.91 Å². The molecule has 1 N–H and O–H groups in total. The van der Waals surface area contributed by atoms with Crippen molar-refractivity contribution in [1.29, 1.82) is 0 Å². The molecule has 2 aromatic rings. The molecule has 0 fully saturated rings. The zero-order valence-electron chi connectivity index (χ0n) is 16.9. The number of esters is 1. The molecular formula is C22H24N2O5. The zero-order chi connectivity index (χ0) is 21.2. The molecular weight excluding hydrogens is 372 g/mol. The van der Waals surface area contributed by atoms with E-state index in [1.165, 1.54) is 11.0 Å². The Morgan fingerprint density at radius 3 is 2.59 bits per heavy atom. The highest BCUT2D eigenvalue weighted by Crippen LogP contribution is 2.37. The number of hydrogen-bond acceptors (Lipinski definition) is 5. The molecule has 0 aromatic heterocycles. The Balaban J connectivity index is 1.86. The second-order valence-corrected chi connectivity index (χ2v) is 7.21. The average Bonchev–Trinajstić information content (AvgIpc) is 2.68. The summed E-state index contributed by atoms with van der Waals surface area (Å²) in [5, 5.41) is 2.83. The van der Waals surface area contributed by atoms with Gasteiger partial charge >= 0.3 is 5.97 Å². The third-order valence-corrected chi connectivity index (χ3v) is 4.73. The van der Waals surface area contributed by atoms with E-state index in [4.69, 9.17) is 9.47 Å². The van der Waals surface area contributed by atoms with E-state index in [0.717, 1.165) is 0 Å². The number of fused-ring (bicyclic) bond motifs is 1. The van der Waals surface area contributed by atoms with Crippen LogP contribution in [0.25, 0.3) is 0 Å². The van der Waals surface area contributed by atoms with E-state index in [1.807, 2.05) is 0 Å². The van der Waals surface area contributed by atoms with E-state index < -0.39 is 17.6 Å². The van der Waals surface area contributed by atoms with Crippen molar-refractivity contribution in [3.8, 4) is 5.75 Å². The molecule has 0 saturated carbocycles. The summed E-state index contributed by atoms with van der Waals surface area (Å²) in [4.78, 5) is 39.2. The minimum Gasteiger partial charge on any atom is -0.481 e. The number of benzene rings is 2. The minimum absolute atomic E-state index is 0.268. The Morgan fingerprint density at radius 2 is 1.86 bits per heavy atom. The van der Waals surface area contributed by atoms with Crippen LogP contribution in [0.4, 0.5) is 11.4 Å². The third-order valence-electron chi connectivity index (χ3n) is 4.73. The highest BCUT2D eigenvalue weighted by Gasteiger charge is 2.45. The number of rotatable bonds is 5. The van der Waals surface area contributed by atoms with Crippen LogP contribution in [0.15, 0.2) is 48.5 Å². The van der Waals surface area contributed by atoms with Crippen LogP contribution in [0.1, 0.15) is 38.1 Å². The molecule has 0 bridgehead atoms. The molecule has 2 aromatic carbocycles. The average molecular weight is 396 g/mol. The lowest BCUT2D eigenvalue weighted by atomic mass is 9.95. The number of nitrogens with zero attached hydrogens (tertiary/aromatic N) is 1. The largest absolute Gasteiger partial charge is 0.481 e. The molecule has 1 atom stereocenters. The van der Waals surface area contributed by atoms with Crippen molar-refractivity contribution in [3.05, 3.63) is 54.1 Å². The van der Waals surface area contributed by atoms with Crippen molar-refractivity contribution in [2.45, 2.75) is 39.3 Å². The van der Waals surface area contributed by atoms with E-state index in [1.54, 1.807) is 70.2 Å². The van der Waals surface area contributed by atoms with Gasteiger partial charge in [0.1, 0.15) is 11.3 Å². The number of carbonyl (C=O) groups excluding carboxylic acids is 3. The van der Waals surface area contributed by atoms with Gasteiger partial charge in [0.05, 0.1) is 23.5 Å². The molecule has 0 saturated heterocycles. The molecule has 152 valence electrons. The van der Waals surface area contributed by atoms with Crippen molar-refractivity contribution in [2.75, 3.05) is 16.8 Å². The molecule has 0 unspecified atom stereocenters. The molecule has 0 aliphatic carbocycles. The summed E-state index contributed by atoms with van der Waals surface area (Å²) >= 11 is 0. The maximum Gasteiger partial charge on any atom is 0.338 e. The van der Waals surface area contributed by atoms with Crippen LogP contribution >= 0.6 is 0 Å². The monoisotopic (exact) mass is 396 g/mol. The minimum atomic E-state index is -1.09. The van der Waals surface area contributed by atoms with Crippen LogP contribution < -0.4 is 15.0 Å². The van der Waals surface area contributed by atoms with Gasteiger partial charge < -0.3 is 14.8 Å². The van der Waals surface area contributed by atoms with Gasteiger partial charge in [0, 0.05) is 0 Å². The van der Waals surface area contributed by atoms with Gasteiger partial charge in [0.15, 0.2) is 6.10 Å². The van der Waals surface area contributed by atoms with Gasteiger partial charge in [-0.15, -0.1) is 0 Å². The quantitative estimate of drug-likeness (QED) is 0.783. The maximum absolute atomic E-state index is 13.3. The van der Waals surface area contributed by atoms with Crippen LogP contribution in [0.2, 0.25) is 0 Å². The molecule has 1 aliphatic rings. The van der Waals surface area contributed by atoms with Gasteiger partial charge in [-0.05, 0) is 58.0 Å². The number of ether oxygens (including phenoxy) is 2. The SMILES string of the molecule is CCOC(=O)c1cccc(O[C@@H](C)C(=O)N2c3ccccc3NC(=O)C2(C)C)c1. The Morgan fingerprint density at radius 1 is 1.14 bits per heavy atom. The molecule has 0 radical (unpaired) electrons. The maximum atomic E-state index is 13.3. The Bertz CT molecular complexity index is 954. The van der Waals surface area contributed by atoms with Gasteiger partial charge in [-0.3, -0.25) is 14.5 Å². The topological polar surface area (TPSA) is 84.9 Å². The van der Waals surface area contributed by atoms with Crippen molar-refractivity contribution >= 4 is 29.2 Å². The second kappa shape index (κ2) is 7.95. The van der Waals surface area contributed by atoms with Crippen molar-refractivity contribution in [1.82, 2.24) is 0 Å². The summed E-state index contributed by atoms with van der Waals surface area (Å²) in [6, 6.07) is 13.6. The van der Waals surface area contributed by atoms with E-state index in [-0.39, 0.29) is 18.4 Å². The van der Waals surface area contributed by atoms with Gasteiger partial charge in [-0.25, -0.2) is 4.79 Å². The number of anilines is 2. The molecule has 7 heteroatoms. The Hall–Kier alpha value is -3.35. The summed E-state index contributed by atoms with van der Waals surface area (Å²) in [6.07, 6.45) is -0.884. The van der Waals surface area contributed by atoms with Gasteiger partial charge in [-0.1, -0.05) is 18.2 Å². The van der Waals surface area contributed by atoms with Crippen LogP contribution in [0.3, 0.4) is 0 Å². The first-order valence-electron chi connectivity index (χ1n) is 9.44. The molecule has 29 heavy (non-hydrogen) atoms. The number of carbonyl (C=O) groups is 3. The smallest absolute Gasteiger partial charge is 0.338 e. The van der Waals surface area contributed by atoms with Gasteiger partial charge in [-0.2, -0.15) is 0 Å². The number of para-hydroxylation sites is 2. The van der Waals surface area contributed by atoms with Crippen molar-refractivity contribution in [2.24, 2.45) is 0 Å². The van der Waals surface area contributed by atoms with Crippen LogP contribution in [-0.2, 0) is 14.3 Å². The van der Waals surface area contributed by atoms with Crippen LogP contribution in [-0.4, -0.2) is 36.0 Å². The number of nitrogens with one attached hydrogen (secondary N) is 1. The summed E-state index contributed by atoms with van der Waals surface area (Å²) in [5.74, 6) is -0.733. The first-order valence-corrected chi connectivity index (χ1v) is 9.44. The highest BCUT2D eigenvalue weighted by molar-refractivity contribution is 6.14. The lowest BCUT2D eigenvalue weighted by molar-refractivity contribution is -0.130. The first kappa shape index (κ1) is 20.4. The van der Waals surface area contributed by atoms with Crippen LogP contribution in [0, 0.1) is 0 Å². The fourth-order valence-electron chi connectivity index (χ4n) is 3.19. The molecule has 7 nitrogen and oxygen atoms in total. The van der Waals surface area contributed by atoms with Crippen molar-refractivity contribution in [3.63, 3.8) is 0 Å². The molecule has 2 amide bonds. The lowest BCUT2D eigenvalue weighted by Gasteiger charge is -2.42. The summed E-state index contributed by atoms with van der Waals surface area (Å²) < 4.78 is 10.8. The van der Waals surface area contributed by atoms with E-state index in [9.17, 15) is 14.4 Å². The Labute approximate surface area is 169 Å². The van der Waals surface area contributed by atoms with E-state index in [2.05, 4.69) is 5.32 Å². The van der Waals surface area contributed by atoms with Crippen LogP contribution in [0.5, 0.6) is 5.75 Å². The lowest BCUT2D eigenvalue weighted by Crippen LogP contribution is -2.60. The standard InChI is InChI=1S/C22H24N2O5/c1-5-28-20(26)15-9-8-10-16(13-15)29-14(2)19(25)24-18-12-7-6-11-17(18)23-21(27)22(24,3)4/h6-14H,5H2,1-4H3,(H,23,27)/t14-/m0/s1. The molecule has 1 aliphatic heterocycles. The molecule has 1 heterocycles. The molecule has 3 rings (SSSR count).